The molecule has 0 bridgehead atoms. The topological polar surface area (TPSA) is 9.23 Å². The van der Waals surface area contributed by atoms with Crippen LogP contribution in [0, 0.1) is 6.92 Å². The van der Waals surface area contributed by atoms with Gasteiger partial charge in [0.2, 0.25) is 0 Å². The van der Waals surface area contributed by atoms with E-state index in [1.165, 1.54) is 0 Å². The molecule has 0 aromatic heterocycles. The van der Waals surface area contributed by atoms with Crippen molar-refractivity contribution in [2.75, 3.05) is 6.61 Å². The van der Waals surface area contributed by atoms with Crippen LogP contribution in [0.4, 0.5) is 0 Å². The van der Waals surface area contributed by atoms with E-state index in [0.29, 0.717) is 6.61 Å². The van der Waals surface area contributed by atoms with Crippen molar-refractivity contribution in [3.05, 3.63) is 37.3 Å². The molecule has 0 aliphatic rings. The Morgan fingerprint density at radius 3 is 2.30 bits per heavy atom. The zero-order valence-corrected chi connectivity index (χ0v) is 6.43. The van der Waals surface area contributed by atoms with Crippen LogP contribution in [0.3, 0.4) is 0 Å². The molecule has 0 saturated carbocycles. The molecule has 0 aliphatic carbocycles. The molecular weight excluding hydrogens is 148 g/mol. The van der Waals surface area contributed by atoms with Crippen LogP contribution in [0.15, 0.2) is 30.3 Å². The molecule has 1 aromatic carbocycles. The SMILES string of the molecule is Cl.[CH2]COc1ccccc1. The normalized spacial score (nSPS) is 8.10. The van der Waals surface area contributed by atoms with Gasteiger partial charge in [-0.25, -0.2) is 0 Å². The first-order valence-corrected chi connectivity index (χ1v) is 2.90. The number of hydrogen-bond acceptors (Lipinski definition) is 1. The number of ether oxygens (including phenoxy) is 1. The Balaban J connectivity index is 0.000000810. The average Bonchev–Trinajstić information content (AvgIpc) is 1.91. The van der Waals surface area contributed by atoms with Gasteiger partial charge in [0.1, 0.15) is 5.75 Å². The summed E-state index contributed by atoms with van der Waals surface area (Å²) in [4.78, 5) is 0. The van der Waals surface area contributed by atoms with Crippen molar-refractivity contribution in [3.8, 4) is 5.75 Å². The van der Waals surface area contributed by atoms with Gasteiger partial charge in [0.15, 0.2) is 0 Å². The third kappa shape index (κ3) is 2.74. The summed E-state index contributed by atoms with van der Waals surface area (Å²) in [5.74, 6) is 0.882. The molecule has 2 heteroatoms. The van der Waals surface area contributed by atoms with Crippen LogP contribution < -0.4 is 4.74 Å². The molecule has 0 fully saturated rings. The second kappa shape index (κ2) is 5.12. The molecule has 0 saturated heterocycles. The lowest BCUT2D eigenvalue weighted by atomic mass is 10.3. The Hall–Kier alpha value is -0.690. The molecule has 0 unspecified atom stereocenters. The fourth-order valence-corrected chi connectivity index (χ4v) is 0.635. The van der Waals surface area contributed by atoms with Crippen LogP contribution in [0.5, 0.6) is 5.75 Å². The van der Waals surface area contributed by atoms with Gasteiger partial charge in [-0.05, 0) is 19.1 Å². The summed E-state index contributed by atoms with van der Waals surface area (Å²) >= 11 is 0. The van der Waals surface area contributed by atoms with E-state index >= 15 is 0 Å². The second-order valence-electron chi connectivity index (χ2n) is 1.66. The lowest BCUT2D eigenvalue weighted by Crippen LogP contribution is -1.89. The maximum absolute atomic E-state index is 5.09. The van der Waals surface area contributed by atoms with Gasteiger partial charge < -0.3 is 4.74 Å². The Bertz CT molecular complexity index is 162. The van der Waals surface area contributed by atoms with Gasteiger partial charge >= 0.3 is 0 Å². The predicted octanol–water partition coefficient (Wildman–Crippen LogP) is 2.32. The van der Waals surface area contributed by atoms with Crippen molar-refractivity contribution >= 4 is 12.4 Å². The summed E-state index contributed by atoms with van der Waals surface area (Å²) in [5, 5.41) is 0. The van der Waals surface area contributed by atoms with Crippen LogP contribution in [0.1, 0.15) is 0 Å². The molecule has 1 nitrogen and oxygen atoms in total. The molecule has 0 spiro atoms. The van der Waals surface area contributed by atoms with Crippen molar-refractivity contribution in [2.24, 2.45) is 0 Å². The number of halogens is 1. The summed E-state index contributed by atoms with van der Waals surface area (Å²) < 4.78 is 5.09. The van der Waals surface area contributed by atoms with E-state index < -0.39 is 0 Å². The van der Waals surface area contributed by atoms with E-state index in [9.17, 15) is 0 Å². The van der Waals surface area contributed by atoms with Crippen LogP contribution >= 0.6 is 12.4 Å². The summed E-state index contributed by atoms with van der Waals surface area (Å²) in [7, 11) is 0. The molecule has 0 N–H and O–H groups in total. The zero-order valence-electron chi connectivity index (χ0n) is 5.62. The zero-order chi connectivity index (χ0) is 6.53. The minimum Gasteiger partial charge on any atom is -0.494 e. The molecule has 0 atom stereocenters. The van der Waals surface area contributed by atoms with Gasteiger partial charge in [-0.15, -0.1) is 12.4 Å². The first-order valence-electron chi connectivity index (χ1n) is 2.90. The van der Waals surface area contributed by atoms with E-state index in [-0.39, 0.29) is 12.4 Å². The summed E-state index contributed by atoms with van der Waals surface area (Å²) in [6.45, 7) is 4.05. The molecule has 55 valence electrons. The monoisotopic (exact) mass is 157 g/mol. The fourth-order valence-electron chi connectivity index (χ4n) is 0.635. The molecule has 10 heavy (non-hydrogen) atoms. The smallest absolute Gasteiger partial charge is 0.119 e. The maximum Gasteiger partial charge on any atom is 0.119 e. The summed E-state index contributed by atoms with van der Waals surface area (Å²) in [6, 6.07) is 9.64. The molecule has 1 aromatic rings. The quantitative estimate of drug-likeness (QED) is 0.640. The maximum atomic E-state index is 5.09. The van der Waals surface area contributed by atoms with Crippen molar-refractivity contribution < 1.29 is 4.74 Å². The molecular formula is C8H10ClO. The summed E-state index contributed by atoms with van der Waals surface area (Å²) in [6.07, 6.45) is 0. The first kappa shape index (κ1) is 9.31. The van der Waals surface area contributed by atoms with Gasteiger partial charge in [-0.1, -0.05) is 18.2 Å². The van der Waals surface area contributed by atoms with Gasteiger partial charge in [0, 0.05) is 0 Å². The molecule has 0 amide bonds. The van der Waals surface area contributed by atoms with Crippen molar-refractivity contribution in [1.29, 1.82) is 0 Å². The van der Waals surface area contributed by atoms with Crippen molar-refractivity contribution in [3.63, 3.8) is 0 Å². The minimum absolute atomic E-state index is 0. The molecule has 1 radical (unpaired) electrons. The van der Waals surface area contributed by atoms with Crippen LogP contribution in [0.25, 0.3) is 0 Å². The Labute approximate surface area is 67.4 Å². The minimum atomic E-state index is 0. The highest BCUT2D eigenvalue weighted by Gasteiger charge is 1.83. The van der Waals surface area contributed by atoms with Crippen LogP contribution in [0.2, 0.25) is 0 Å². The van der Waals surface area contributed by atoms with Crippen LogP contribution in [-0.2, 0) is 0 Å². The lowest BCUT2D eigenvalue weighted by molar-refractivity contribution is 0.361. The highest BCUT2D eigenvalue weighted by atomic mass is 35.5. The van der Waals surface area contributed by atoms with E-state index in [4.69, 9.17) is 4.74 Å². The first-order chi connectivity index (χ1) is 4.43. The lowest BCUT2D eigenvalue weighted by Gasteiger charge is -1.99. The predicted molar refractivity (Wildman–Crippen MR) is 44.5 cm³/mol. The third-order valence-electron chi connectivity index (χ3n) is 1.01. The van der Waals surface area contributed by atoms with Gasteiger partial charge in [0.25, 0.3) is 0 Å². The number of rotatable bonds is 2. The number of para-hydroxylation sites is 1. The van der Waals surface area contributed by atoms with E-state index in [2.05, 4.69) is 6.92 Å². The molecule has 0 aliphatic heterocycles. The van der Waals surface area contributed by atoms with Crippen LogP contribution in [-0.4, -0.2) is 6.61 Å². The summed E-state index contributed by atoms with van der Waals surface area (Å²) in [5.41, 5.74) is 0. The highest BCUT2D eigenvalue weighted by Crippen LogP contribution is 2.06. The van der Waals surface area contributed by atoms with Crippen molar-refractivity contribution in [2.45, 2.75) is 0 Å². The van der Waals surface area contributed by atoms with E-state index in [1.807, 2.05) is 30.3 Å². The van der Waals surface area contributed by atoms with Gasteiger partial charge in [-0.3, -0.25) is 0 Å². The number of benzene rings is 1. The Morgan fingerprint density at radius 1 is 1.20 bits per heavy atom. The average molecular weight is 158 g/mol. The second-order valence-corrected chi connectivity index (χ2v) is 1.66. The number of hydrogen-bond donors (Lipinski definition) is 0. The standard InChI is InChI=1S/C8H9O.ClH/c1-2-9-8-6-4-3-5-7-8;/h3-7H,1-2H2;1H. The fraction of sp³-hybridized carbons (Fsp3) is 0.125. The van der Waals surface area contributed by atoms with Gasteiger partial charge in [0.05, 0.1) is 6.61 Å². The third-order valence-corrected chi connectivity index (χ3v) is 1.01. The highest BCUT2D eigenvalue weighted by molar-refractivity contribution is 5.85. The Kier molecular flexibility index (Phi) is 4.77. The Morgan fingerprint density at radius 2 is 1.80 bits per heavy atom. The molecule has 1 rings (SSSR count). The largest absolute Gasteiger partial charge is 0.494 e. The van der Waals surface area contributed by atoms with Crippen molar-refractivity contribution in [1.82, 2.24) is 0 Å². The molecule has 0 heterocycles. The van der Waals surface area contributed by atoms with E-state index in [0.717, 1.165) is 5.75 Å². The van der Waals surface area contributed by atoms with E-state index in [1.54, 1.807) is 0 Å². The van der Waals surface area contributed by atoms with Gasteiger partial charge in [-0.2, -0.15) is 0 Å².